The van der Waals surface area contributed by atoms with E-state index in [1.807, 2.05) is 13.8 Å². The maximum atomic E-state index is 11.0. The lowest BCUT2D eigenvalue weighted by atomic mass is 9.83. The second-order valence-corrected chi connectivity index (χ2v) is 4.84. The number of nitro benzene ring substituents is 1. The van der Waals surface area contributed by atoms with Gasteiger partial charge in [0.2, 0.25) is 0 Å². The fourth-order valence-electron chi connectivity index (χ4n) is 2.54. The van der Waals surface area contributed by atoms with Crippen molar-refractivity contribution in [2.24, 2.45) is 0 Å². The Labute approximate surface area is 128 Å². The number of hydrogen-bond donors (Lipinski definition) is 1. The number of anilines is 1. The number of para-hydroxylation sites is 2. The molecule has 2 atom stereocenters. The molecule has 2 rings (SSSR count). The largest absolute Gasteiger partial charge is 0.377 e. The van der Waals surface area contributed by atoms with Gasteiger partial charge in [-0.3, -0.25) is 10.1 Å². The Kier molecular flexibility index (Phi) is 7.22. The molecule has 2 unspecified atom stereocenters. The fourth-order valence-corrected chi connectivity index (χ4v) is 2.54. The number of nitro groups is 1. The Morgan fingerprint density at radius 2 is 2.10 bits per heavy atom. The minimum absolute atomic E-state index is 0.0269. The van der Waals surface area contributed by atoms with Crippen LogP contribution in [0.4, 0.5) is 11.4 Å². The van der Waals surface area contributed by atoms with Gasteiger partial charge in [0.25, 0.3) is 5.69 Å². The average Bonchev–Trinajstić information content (AvgIpc) is 2.50. The lowest BCUT2D eigenvalue weighted by Gasteiger charge is -2.38. The number of nitrogens with one attached hydrogen (secondary N) is 1. The minimum Gasteiger partial charge on any atom is -0.377 e. The average molecular weight is 289 g/mol. The molecule has 0 spiro atoms. The molecule has 1 aromatic rings. The fraction of sp³-hybridized carbons (Fsp3) is 0.600. The summed E-state index contributed by atoms with van der Waals surface area (Å²) in [6, 6.07) is 6.93. The van der Waals surface area contributed by atoms with E-state index in [1.165, 1.54) is 6.07 Å². The highest BCUT2D eigenvalue weighted by Gasteiger charge is 2.25. The van der Waals surface area contributed by atoms with Crippen LogP contribution in [0, 0.1) is 10.1 Å². The van der Waals surface area contributed by atoms with Gasteiger partial charge in [-0.25, -0.2) is 0 Å². The second-order valence-electron chi connectivity index (χ2n) is 4.84. The van der Waals surface area contributed by atoms with Crippen molar-refractivity contribution in [3.8, 4) is 0 Å². The lowest BCUT2D eigenvalue weighted by Crippen LogP contribution is -2.46. The van der Waals surface area contributed by atoms with Gasteiger partial charge in [-0.15, -0.1) is 0 Å². The van der Waals surface area contributed by atoms with Crippen molar-refractivity contribution in [1.82, 2.24) is 4.90 Å². The summed E-state index contributed by atoms with van der Waals surface area (Å²) in [6.07, 6.45) is 1.76. The summed E-state index contributed by atoms with van der Waals surface area (Å²) in [5.74, 6) is 0.0269. The van der Waals surface area contributed by atoms with Gasteiger partial charge in [0, 0.05) is 12.1 Å². The highest BCUT2D eigenvalue weighted by molar-refractivity contribution is 6.11. The smallest absolute Gasteiger partial charge is 0.292 e. The van der Waals surface area contributed by atoms with Gasteiger partial charge in [0.15, 0.2) is 0 Å². The van der Waals surface area contributed by atoms with Crippen molar-refractivity contribution in [2.45, 2.75) is 45.6 Å². The molecule has 1 heterocycles. The summed E-state index contributed by atoms with van der Waals surface area (Å²) in [5.41, 5.74) is 0.698. The van der Waals surface area contributed by atoms with E-state index in [4.69, 9.17) is 7.85 Å². The molecule has 21 heavy (non-hydrogen) atoms. The Balaban J connectivity index is 0.00000106. The molecule has 0 aliphatic carbocycles. The van der Waals surface area contributed by atoms with Crippen LogP contribution in [0.5, 0.6) is 0 Å². The first kappa shape index (κ1) is 17.5. The topological polar surface area (TPSA) is 58.4 Å². The molecule has 1 aliphatic heterocycles. The second kappa shape index (κ2) is 8.67. The van der Waals surface area contributed by atoms with E-state index in [2.05, 4.69) is 17.1 Å². The van der Waals surface area contributed by atoms with Crippen LogP contribution in [0.25, 0.3) is 0 Å². The first-order valence-electron chi connectivity index (χ1n) is 7.61. The van der Waals surface area contributed by atoms with Gasteiger partial charge < -0.3 is 10.2 Å². The van der Waals surface area contributed by atoms with Gasteiger partial charge in [-0.1, -0.05) is 32.9 Å². The van der Waals surface area contributed by atoms with Crippen LogP contribution in [0.2, 0.25) is 0 Å². The van der Waals surface area contributed by atoms with Crippen LogP contribution in [-0.4, -0.2) is 42.7 Å². The number of piperidine rings is 1. The summed E-state index contributed by atoms with van der Waals surface area (Å²) in [5, 5.41) is 14.2. The lowest BCUT2D eigenvalue weighted by molar-refractivity contribution is -0.384. The van der Waals surface area contributed by atoms with Crippen molar-refractivity contribution < 1.29 is 4.92 Å². The van der Waals surface area contributed by atoms with E-state index in [0.717, 1.165) is 25.9 Å². The van der Waals surface area contributed by atoms with Gasteiger partial charge in [0.05, 0.1) is 12.8 Å². The Morgan fingerprint density at radius 3 is 2.67 bits per heavy atom. The number of hydrogen-bond acceptors (Lipinski definition) is 4. The Morgan fingerprint density at radius 1 is 1.43 bits per heavy atom. The first-order chi connectivity index (χ1) is 10.1. The normalized spacial score (nSPS) is 22.0. The summed E-state index contributed by atoms with van der Waals surface area (Å²) in [7, 11) is 6.08. The molecule has 1 aromatic carbocycles. The molecule has 0 amide bonds. The molecular weight excluding hydrogens is 265 g/mol. The molecule has 1 fully saturated rings. The van der Waals surface area contributed by atoms with Crippen LogP contribution in [-0.2, 0) is 0 Å². The molecule has 0 aromatic heterocycles. The number of nitrogens with zero attached hydrogens (tertiary/aromatic N) is 2. The van der Waals surface area contributed by atoms with E-state index < -0.39 is 0 Å². The van der Waals surface area contributed by atoms with E-state index in [1.54, 1.807) is 18.2 Å². The van der Waals surface area contributed by atoms with E-state index in [0.29, 0.717) is 5.69 Å². The molecule has 5 nitrogen and oxygen atoms in total. The molecule has 6 heteroatoms. The van der Waals surface area contributed by atoms with Crippen molar-refractivity contribution in [3.63, 3.8) is 0 Å². The van der Waals surface area contributed by atoms with Crippen LogP contribution in [0.1, 0.15) is 33.6 Å². The van der Waals surface area contributed by atoms with Crippen molar-refractivity contribution >= 4 is 19.2 Å². The molecule has 0 saturated carbocycles. The quantitative estimate of drug-likeness (QED) is 0.526. The summed E-state index contributed by atoms with van der Waals surface area (Å²) >= 11 is 0. The standard InChI is InChI=1S/C13H18BN3O2.C2H6/c1-2-16-8-7-10(9-13(16)14)15-11-5-3-4-6-12(11)17(18)19;1-2/h3-6,10,13,15H,2,7-9H2,1H3;1-2H3. The third kappa shape index (κ3) is 4.74. The SMILES string of the molecule is CC.[B]C1CC(Nc2ccccc2[N+](=O)[O-])CCN1CC. The van der Waals surface area contributed by atoms with Crippen LogP contribution >= 0.6 is 0 Å². The molecule has 2 radical (unpaired) electrons. The van der Waals surface area contributed by atoms with Crippen molar-refractivity contribution in [2.75, 3.05) is 18.4 Å². The van der Waals surface area contributed by atoms with E-state index in [-0.39, 0.29) is 22.6 Å². The summed E-state index contributed by atoms with van der Waals surface area (Å²) in [6.45, 7) is 7.96. The third-order valence-electron chi connectivity index (χ3n) is 3.63. The van der Waals surface area contributed by atoms with Gasteiger partial charge in [-0.2, -0.15) is 0 Å². The highest BCUT2D eigenvalue weighted by atomic mass is 16.6. The number of likely N-dealkylation sites (tertiary alicyclic amines) is 1. The van der Waals surface area contributed by atoms with E-state index >= 15 is 0 Å². The van der Waals surface area contributed by atoms with Gasteiger partial charge in [0.1, 0.15) is 5.69 Å². The zero-order chi connectivity index (χ0) is 15.8. The first-order valence-corrected chi connectivity index (χ1v) is 7.61. The van der Waals surface area contributed by atoms with Gasteiger partial charge >= 0.3 is 0 Å². The maximum Gasteiger partial charge on any atom is 0.292 e. The van der Waals surface area contributed by atoms with Gasteiger partial charge in [-0.05, 0) is 37.9 Å². The van der Waals surface area contributed by atoms with Crippen molar-refractivity contribution in [3.05, 3.63) is 34.4 Å². The predicted molar refractivity (Wildman–Crippen MR) is 87.9 cm³/mol. The molecular formula is C15H24BN3O2. The molecule has 114 valence electrons. The zero-order valence-corrected chi connectivity index (χ0v) is 13.1. The number of benzene rings is 1. The van der Waals surface area contributed by atoms with Crippen LogP contribution in [0.15, 0.2) is 24.3 Å². The number of rotatable bonds is 4. The highest BCUT2D eigenvalue weighted by Crippen LogP contribution is 2.26. The van der Waals surface area contributed by atoms with Crippen molar-refractivity contribution in [1.29, 1.82) is 0 Å². The molecule has 0 bridgehead atoms. The maximum absolute atomic E-state index is 11.0. The van der Waals surface area contributed by atoms with Crippen LogP contribution in [0.3, 0.4) is 0 Å². The minimum atomic E-state index is -0.358. The zero-order valence-electron chi connectivity index (χ0n) is 13.1. The predicted octanol–water partition coefficient (Wildman–Crippen LogP) is 3.01. The summed E-state index contributed by atoms with van der Waals surface area (Å²) < 4.78 is 0. The molecule has 1 aliphatic rings. The molecule has 1 saturated heterocycles. The Bertz CT molecular complexity index is 456. The Hall–Kier alpha value is -1.56. The third-order valence-corrected chi connectivity index (χ3v) is 3.63. The monoisotopic (exact) mass is 289 g/mol. The summed E-state index contributed by atoms with van der Waals surface area (Å²) in [4.78, 5) is 12.8. The van der Waals surface area contributed by atoms with Crippen LogP contribution < -0.4 is 5.32 Å². The van der Waals surface area contributed by atoms with E-state index in [9.17, 15) is 10.1 Å². The molecule has 1 N–H and O–H groups in total.